The highest BCUT2D eigenvalue weighted by Crippen LogP contribution is 2.46. The standard InChI is InChI=1S/C30H28Cl2F3N7O2.2C30H28ClF4N7O2/c1-6-18(43)40-9-10-41(15(5)12-40)28-16-11-17(33)26(19-22(34)20(31)23(35)21(32)24(19)36)38-29(16)42(30(44)39-28)27-14(4)7-8-37-25(27)13(2)3;1-6-18(43)40-9-10-41(15(5)12-40)28-16-11-17(32)26(19-21(33)20(31)22(34)23(35)24(19)36)38-29(16)42(30(44)39-28)27-14(4)7-8-37-25(27)13(2)3;1-6-18(43)40-9-10-41(15(5)12-40)28-16-11-17(32)26(19-20(31)22(34)23(35)24(36)21(19)33)38-29(16)42(30(44)39-28)27-14(4)7-8-37-25(27)13(2)3/h3*6-8,11,13,15H,1,9-10,12,36H2,2-5H3/t3*15-/m000/s1. The quantitative estimate of drug-likeness (QED) is 0.0282. The Morgan fingerprint density at radius 1 is 0.386 bits per heavy atom. The molecular weight excluding hydrogens is 1820 g/mol. The van der Waals surface area contributed by atoms with Gasteiger partial charge in [0.1, 0.15) is 55.3 Å². The van der Waals surface area contributed by atoms with E-state index in [0.717, 1.165) is 27.3 Å². The number of nitrogens with two attached hydrogens (primary N) is 3. The van der Waals surface area contributed by atoms with Crippen LogP contribution < -0.4 is 49.0 Å². The number of nitrogen functional groups attached to an aromatic ring is 3. The predicted octanol–water partition coefficient (Wildman–Crippen LogP) is 16.4. The number of benzene rings is 3. The molecule has 15 rings (SSSR count). The Balaban J connectivity index is 0.000000168. The van der Waals surface area contributed by atoms with Crippen LogP contribution in [0.15, 0.2) is 107 Å². The molecule has 3 aliphatic rings. The van der Waals surface area contributed by atoms with Crippen LogP contribution >= 0.6 is 46.4 Å². The molecule has 3 amide bonds. The molecule has 690 valence electrons. The topological polar surface area (TPSA) is 331 Å². The van der Waals surface area contributed by atoms with E-state index < -0.39 is 152 Å². The van der Waals surface area contributed by atoms with Gasteiger partial charge in [-0.1, -0.05) is 108 Å². The number of aromatic nitrogens is 12. The van der Waals surface area contributed by atoms with E-state index in [0.29, 0.717) is 63.9 Å². The van der Waals surface area contributed by atoms with E-state index in [9.17, 15) is 50.7 Å². The van der Waals surface area contributed by atoms with Crippen molar-refractivity contribution >= 4 is 132 Å². The molecule has 0 radical (unpaired) electrons. The highest BCUT2D eigenvalue weighted by molar-refractivity contribution is 6.37. The lowest BCUT2D eigenvalue weighted by molar-refractivity contribution is -0.127. The Morgan fingerprint density at radius 3 is 0.977 bits per heavy atom. The summed E-state index contributed by atoms with van der Waals surface area (Å²) in [6.45, 7) is 34.9. The van der Waals surface area contributed by atoms with E-state index in [4.69, 9.17) is 63.6 Å². The summed E-state index contributed by atoms with van der Waals surface area (Å²) in [5.41, 5.74) is 11.3. The average Bonchev–Trinajstić information content (AvgIpc) is 0.735. The molecule has 42 heteroatoms. The van der Waals surface area contributed by atoms with Crippen molar-refractivity contribution in [1.82, 2.24) is 73.3 Å². The molecule has 132 heavy (non-hydrogen) atoms. The van der Waals surface area contributed by atoms with Gasteiger partial charge in [-0.05, 0) is 131 Å². The first kappa shape index (κ1) is 96.4. The van der Waals surface area contributed by atoms with Gasteiger partial charge in [-0.3, -0.25) is 29.3 Å². The summed E-state index contributed by atoms with van der Waals surface area (Å²) in [6, 6.07) is 7.00. The van der Waals surface area contributed by atoms with Crippen LogP contribution in [0.4, 0.5) is 82.8 Å². The van der Waals surface area contributed by atoms with Gasteiger partial charge in [0.15, 0.2) is 80.9 Å². The van der Waals surface area contributed by atoms with Crippen LogP contribution in [0.1, 0.15) is 114 Å². The Labute approximate surface area is 766 Å². The number of amides is 3. The molecule has 0 saturated carbocycles. The summed E-state index contributed by atoms with van der Waals surface area (Å²) in [5.74, 6) is -16.9. The maximum atomic E-state index is 16.0. The van der Waals surface area contributed by atoms with Gasteiger partial charge in [0.25, 0.3) is 0 Å². The van der Waals surface area contributed by atoms with Crippen molar-refractivity contribution in [2.45, 2.75) is 119 Å². The van der Waals surface area contributed by atoms with Crippen molar-refractivity contribution in [3.05, 3.63) is 242 Å². The third-order valence-electron chi connectivity index (χ3n) is 23.0. The van der Waals surface area contributed by atoms with Crippen molar-refractivity contribution in [3.8, 4) is 50.8 Å². The number of piperazine rings is 3. The molecule has 27 nitrogen and oxygen atoms in total. The Kier molecular flexibility index (Phi) is 27.7. The SMILES string of the molecule is C=CC(=O)N1CCN(c2nc(=O)n(-c3c(C)ccnc3C(C)C)c3nc(-c4c(F)c(N)c(F)c(F)c4Cl)c(F)cc23)[C@@H](C)C1.C=CC(=O)N1CCN(c2nc(=O)n(-c3c(C)ccnc3C(C)C)c3nc(-c4c(N)c(Cl)c(F)c(Cl)c4F)c(F)cc23)[C@@H](C)C1.C=CC(=O)N1CCN(c2nc(=O)n(-c3c(C)ccnc3C(C)C)c3nc(-c4c(N)c(F)c(F)c(Cl)c4F)c(F)cc23)[C@@H](C)C1. The van der Waals surface area contributed by atoms with Gasteiger partial charge in [-0.15, -0.1) is 0 Å². The molecule has 12 heterocycles. The number of carbonyl (C=O) groups excluding carboxylic acids is 3. The van der Waals surface area contributed by atoms with Crippen molar-refractivity contribution in [2.24, 2.45) is 0 Å². The summed E-state index contributed by atoms with van der Waals surface area (Å²) in [7, 11) is 0. The molecule has 0 bridgehead atoms. The number of hydrogen-bond acceptors (Lipinski definition) is 21. The monoisotopic (exact) mass is 1900 g/mol. The van der Waals surface area contributed by atoms with Crippen molar-refractivity contribution < 1.29 is 62.7 Å². The lowest BCUT2D eigenvalue weighted by Crippen LogP contribution is -2.54. The molecule has 3 aliphatic heterocycles. The first-order valence-corrected chi connectivity index (χ1v) is 42.5. The largest absolute Gasteiger partial charge is 0.397 e. The Bertz CT molecular complexity index is 6310. The number of anilines is 6. The number of rotatable bonds is 15. The fraction of sp³-hybridized carbons (Fsp3) is 0.300. The Hall–Kier alpha value is -13.2. The smallest absolute Gasteiger partial charge is 0.355 e. The first-order chi connectivity index (χ1) is 62.3. The molecular formula is C90H84Cl4F11N21O6. The zero-order valence-electron chi connectivity index (χ0n) is 72.8. The summed E-state index contributed by atoms with van der Waals surface area (Å²) < 4.78 is 169. The van der Waals surface area contributed by atoms with Gasteiger partial charge in [0.2, 0.25) is 17.7 Å². The zero-order valence-corrected chi connectivity index (χ0v) is 75.8. The van der Waals surface area contributed by atoms with E-state index in [-0.39, 0.29) is 150 Å². The fourth-order valence-electron chi connectivity index (χ4n) is 16.4. The molecule has 3 fully saturated rings. The summed E-state index contributed by atoms with van der Waals surface area (Å²) in [4.78, 5) is 128. The highest BCUT2D eigenvalue weighted by atomic mass is 35.5. The van der Waals surface area contributed by atoms with Crippen molar-refractivity contribution in [3.63, 3.8) is 0 Å². The second-order valence-electron chi connectivity index (χ2n) is 32.5. The average molecular weight is 1910 g/mol. The molecule has 9 aromatic heterocycles. The second-order valence-corrected chi connectivity index (χ2v) is 34.0. The van der Waals surface area contributed by atoms with Crippen LogP contribution in [0.5, 0.6) is 0 Å². The minimum absolute atomic E-state index is 0.0613. The number of pyridine rings is 6. The molecule has 0 unspecified atom stereocenters. The zero-order chi connectivity index (χ0) is 96.6. The van der Waals surface area contributed by atoms with Crippen molar-refractivity contribution in [1.29, 1.82) is 0 Å². The van der Waals surface area contributed by atoms with Crippen LogP contribution in [0.3, 0.4) is 0 Å². The molecule has 3 aromatic carbocycles. The number of hydrogen-bond donors (Lipinski definition) is 3. The number of fused-ring (bicyclic) bond motifs is 3. The molecule has 3 atom stereocenters. The third-order valence-corrected chi connectivity index (χ3v) is 24.3. The van der Waals surface area contributed by atoms with E-state index in [1.54, 1.807) is 101 Å². The number of carbonyl (C=O) groups is 3. The maximum absolute atomic E-state index is 16.0. The van der Waals surface area contributed by atoms with Crippen LogP contribution in [0.2, 0.25) is 20.1 Å². The minimum atomic E-state index is -1.73. The minimum Gasteiger partial charge on any atom is -0.397 e. The van der Waals surface area contributed by atoms with Crippen LogP contribution in [-0.2, 0) is 14.4 Å². The van der Waals surface area contributed by atoms with Crippen LogP contribution in [0.25, 0.3) is 83.9 Å². The molecule has 0 aliphatic carbocycles. The predicted molar refractivity (Wildman–Crippen MR) is 485 cm³/mol. The van der Waals surface area contributed by atoms with Gasteiger partial charge in [-0.2, -0.15) is 15.0 Å². The van der Waals surface area contributed by atoms with E-state index in [1.165, 1.54) is 22.8 Å². The van der Waals surface area contributed by atoms with E-state index in [2.05, 4.69) is 64.6 Å². The fourth-order valence-corrected chi connectivity index (χ4v) is 17.2. The van der Waals surface area contributed by atoms with E-state index in [1.807, 2.05) is 48.5 Å². The van der Waals surface area contributed by atoms with Gasteiger partial charge in [0, 0.05) is 95.6 Å². The van der Waals surface area contributed by atoms with Gasteiger partial charge < -0.3 is 46.6 Å². The normalized spacial score (nSPS) is 15.4. The van der Waals surface area contributed by atoms with Gasteiger partial charge in [0.05, 0.1) is 83.4 Å². The number of halogens is 15. The van der Waals surface area contributed by atoms with E-state index >= 15 is 26.3 Å². The van der Waals surface area contributed by atoms with Crippen LogP contribution in [0, 0.1) is 84.8 Å². The molecule has 6 N–H and O–H groups in total. The Morgan fingerprint density at radius 2 is 0.674 bits per heavy atom. The van der Waals surface area contributed by atoms with Crippen LogP contribution in [-0.4, -0.2) is 168 Å². The molecule has 12 aromatic rings. The van der Waals surface area contributed by atoms with Crippen molar-refractivity contribution in [2.75, 3.05) is 90.8 Å². The highest BCUT2D eigenvalue weighted by Gasteiger charge is 2.39. The lowest BCUT2D eigenvalue weighted by Gasteiger charge is -2.40. The summed E-state index contributed by atoms with van der Waals surface area (Å²) in [5, 5.41) is -3.74. The maximum Gasteiger partial charge on any atom is 0.355 e. The van der Waals surface area contributed by atoms with Gasteiger partial charge in [-0.25, -0.2) is 91.3 Å². The third kappa shape index (κ3) is 17.2. The number of aryl methyl sites for hydroxylation is 3. The second kappa shape index (κ2) is 37.9. The number of nitrogens with zero attached hydrogens (tertiary/aromatic N) is 18. The first-order valence-electron chi connectivity index (χ1n) is 41.0. The summed E-state index contributed by atoms with van der Waals surface area (Å²) >= 11 is 23.5. The lowest BCUT2D eigenvalue weighted by atomic mass is 10.0. The molecule has 0 spiro atoms. The summed E-state index contributed by atoms with van der Waals surface area (Å²) in [6.07, 6.45) is 8.39. The van der Waals surface area contributed by atoms with Gasteiger partial charge >= 0.3 is 17.1 Å². The molecule has 3 saturated heterocycles.